The number of hydrogen-bond donors (Lipinski definition) is 4. The lowest BCUT2D eigenvalue weighted by molar-refractivity contribution is 0.0601. The summed E-state index contributed by atoms with van der Waals surface area (Å²) in [5.74, 6) is -0.937. The number of nitrogens with zero attached hydrogens (tertiary/aromatic N) is 2. The largest absolute Gasteiger partial charge is 0.465 e. The van der Waals surface area contributed by atoms with Crippen LogP contribution in [0, 0.1) is 16.7 Å². The molecule has 0 saturated carbocycles. The maximum absolute atomic E-state index is 11.6. The molecule has 116 valence electrons. The number of ether oxygens (including phenoxy) is 1. The van der Waals surface area contributed by atoms with Crippen molar-refractivity contribution in [1.29, 1.82) is 10.7 Å². The summed E-state index contributed by atoms with van der Waals surface area (Å²) in [5.41, 5.74) is 9.10. The Kier molecular flexibility index (Phi) is 5.89. The minimum absolute atomic E-state index is 0.150. The van der Waals surface area contributed by atoms with E-state index >= 15 is 0 Å². The number of nitrogens with one attached hydrogen (secondary N) is 3. The van der Waals surface area contributed by atoms with E-state index in [9.17, 15) is 4.79 Å². The van der Waals surface area contributed by atoms with Crippen molar-refractivity contribution in [2.45, 2.75) is 19.9 Å². The molecule has 0 fully saturated rings. The number of anilines is 2. The lowest BCUT2D eigenvalue weighted by atomic mass is 10.1. The smallest absolute Gasteiger partial charge is 0.337 e. The van der Waals surface area contributed by atoms with Crippen molar-refractivity contribution >= 4 is 28.9 Å². The van der Waals surface area contributed by atoms with Crippen LogP contribution in [-0.4, -0.2) is 30.7 Å². The van der Waals surface area contributed by atoms with Gasteiger partial charge in [-0.2, -0.15) is 10.4 Å². The number of benzene rings is 1. The Balaban J connectivity index is 3.19. The van der Waals surface area contributed by atoms with Crippen LogP contribution in [0.3, 0.4) is 0 Å². The quantitative estimate of drug-likeness (QED) is 0.272. The molecule has 0 unspecified atom stereocenters. The molecule has 0 atom stereocenters. The van der Waals surface area contributed by atoms with Gasteiger partial charge in [-0.3, -0.25) is 10.8 Å². The number of rotatable bonds is 6. The number of nitrogens with two attached hydrogens (primary N) is 1. The standard InChI is InChI=1S/C14H18N6O2/c1-8(2)18-10-5-4-9(14(21)22-3)6-11(10)19-20-12(7-15)13(16)17/h4-6,8,18-19H,1-3H3,(H3,16,17)/b20-12+. The highest BCUT2D eigenvalue weighted by molar-refractivity contribution is 6.45. The lowest BCUT2D eigenvalue weighted by Crippen LogP contribution is -2.22. The second-order valence-corrected chi connectivity index (χ2v) is 4.65. The predicted molar refractivity (Wildman–Crippen MR) is 85.1 cm³/mol. The molecule has 0 bridgehead atoms. The Morgan fingerprint density at radius 2 is 2.14 bits per heavy atom. The van der Waals surface area contributed by atoms with Gasteiger partial charge in [-0.25, -0.2) is 4.79 Å². The minimum atomic E-state index is -0.491. The first kappa shape index (κ1) is 17.0. The van der Waals surface area contributed by atoms with Gasteiger partial charge in [-0.1, -0.05) is 0 Å². The van der Waals surface area contributed by atoms with E-state index in [4.69, 9.17) is 16.4 Å². The molecule has 1 aromatic rings. The fourth-order valence-corrected chi connectivity index (χ4v) is 1.58. The van der Waals surface area contributed by atoms with E-state index in [1.165, 1.54) is 13.2 Å². The monoisotopic (exact) mass is 302 g/mol. The predicted octanol–water partition coefficient (Wildman–Crippen LogP) is 1.52. The molecule has 0 aromatic heterocycles. The van der Waals surface area contributed by atoms with Crippen LogP contribution in [0.1, 0.15) is 24.2 Å². The summed E-state index contributed by atoms with van der Waals surface area (Å²) in [4.78, 5) is 11.6. The first-order valence-electron chi connectivity index (χ1n) is 6.46. The molecular weight excluding hydrogens is 284 g/mol. The Labute approximate surface area is 128 Å². The molecule has 0 amide bonds. The summed E-state index contributed by atoms with van der Waals surface area (Å²) < 4.78 is 4.67. The third kappa shape index (κ3) is 4.49. The van der Waals surface area contributed by atoms with Crippen molar-refractivity contribution in [3.05, 3.63) is 23.8 Å². The number of methoxy groups -OCH3 is 1. The van der Waals surface area contributed by atoms with Gasteiger partial charge in [-0.05, 0) is 32.0 Å². The highest BCUT2D eigenvalue weighted by atomic mass is 16.5. The van der Waals surface area contributed by atoms with Crippen molar-refractivity contribution in [2.75, 3.05) is 17.9 Å². The highest BCUT2D eigenvalue weighted by Gasteiger charge is 2.11. The van der Waals surface area contributed by atoms with Crippen LogP contribution in [0.4, 0.5) is 11.4 Å². The van der Waals surface area contributed by atoms with E-state index in [1.54, 1.807) is 18.2 Å². The van der Waals surface area contributed by atoms with Crippen molar-refractivity contribution in [3.8, 4) is 6.07 Å². The molecule has 22 heavy (non-hydrogen) atoms. The number of carbonyl (C=O) groups is 1. The number of carbonyl (C=O) groups excluding carboxylic acids is 1. The number of esters is 1. The first-order valence-corrected chi connectivity index (χ1v) is 6.46. The van der Waals surface area contributed by atoms with E-state index in [1.807, 2.05) is 13.8 Å². The maximum Gasteiger partial charge on any atom is 0.337 e. The Hall–Kier alpha value is -3.08. The number of amidine groups is 1. The van der Waals surface area contributed by atoms with Crippen molar-refractivity contribution < 1.29 is 9.53 Å². The molecule has 0 spiro atoms. The average Bonchev–Trinajstić information content (AvgIpc) is 2.47. The maximum atomic E-state index is 11.6. The number of hydrazone groups is 1. The van der Waals surface area contributed by atoms with Gasteiger partial charge in [0, 0.05) is 6.04 Å². The van der Waals surface area contributed by atoms with Crippen molar-refractivity contribution in [1.82, 2.24) is 0 Å². The lowest BCUT2D eigenvalue weighted by Gasteiger charge is -2.15. The summed E-state index contributed by atoms with van der Waals surface area (Å²) in [5, 5.41) is 23.0. The van der Waals surface area contributed by atoms with E-state index in [2.05, 4.69) is 20.6 Å². The van der Waals surface area contributed by atoms with Gasteiger partial charge >= 0.3 is 5.97 Å². The van der Waals surface area contributed by atoms with Crippen LogP contribution < -0.4 is 16.5 Å². The van der Waals surface area contributed by atoms with Gasteiger partial charge in [0.1, 0.15) is 6.07 Å². The second kappa shape index (κ2) is 7.64. The zero-order valence-corrected chi connectivity index (χ0v) is 12.6. The number of nitriles is 1. The number of hydrogen-bond acceptors (Lipinski definition) is 7. The molecule has 0 aliphatic heterocycles. The highest BCUT2D eigenvalue weighted by Crippen LogP contribution is 2.24. The van der Waals surface area contributed by atoms with Crippen LogP contribution in [0.5, 0.6) is 0 Å². The molecule has 0 aliphatic carbocycles. The second-order valence-electron chi connectivity index (χ2n) is 4.65. The van der Waals surface area contributed by atoms with Crippen LogP contribution in [0.2, 0.25) is 0 Å². The molecule has 0 aliphatic rings. The van der Waals surface area contributed by atoms with E-state index in [-0.39, 0.29) is 11.8 Å². The van der Waals surface area contributed by atoms with Crippen LogP contribution >= 0.6 is 0 Å². The van der Waals surface area contributed by atoms with E-state index < -0.39 is 11.8 Å². The van der Waals surface area contributed by atoms with Gasteiger partial charge in [0.2, 0.25) is 5.71 Å². The minimum Gasteiger partial charge on any atom is -0.465 e. The van der Waals surface area contributed by atoms with Crippen LogP contribution in [0.25, 0.3) is 0 Å². The molecule has 0 heterocycles. The molecule has 8 heteroatoms. The summed E-state index contributed by atoms with van der Waals surface area (Å²) in [6.45, 7) is 3.91. The average molecular weight is 302 g/mol. The Morgan fingerprint density at radius 1 is 1.45 bits per heavy atom. The van der Waals surface area contributed by atoms with Crippen LogP contribution in [-0.2, 0) is 4.74 Å². The van der Waals surface area contributed by atoms with Gasteiger partial charge < -0.3 is 15.8 Å². The normalized spacial score (nSPS) is 10.8. The van der Waals surface area contributed by atoms with Gasteiger partial charge in [0.05, 0.1) is 24.0 Å². The van der Waals surface area contributed by atoms with E-state index in [0.717, 1.165) is 0 Å². The van der Waals surface area contributed by atoms with Gasteiger partial charge in [-0.15, -0.1) is 0 Å². The Bertz CT molecular complexity index is 645. The molecule has 5 N–H and O–H groups in total. The molecule has 1 aromatic carbocycles. The van der Waals surface area contributed by atoms with E-state index in [0.29, 0.717) is 16.9 Å². The van der Waals surface area contributed by atoms with Crippen LogP contribution in [0.15, 0.2) is 23.3 Å². The van der Waals surface area contributed by atoms with Crippen molar-refractivity contribution in [3.63, 3.8) is 0 Å². The third-order valence-corrected chi connectivity index (χ3v) is 2.53. The van der Waals surface area contributed by atoms with Gasteiger partial charge in [0.15, 0.2) is 5.84 Å². The Morgan fingerprint density at radius 3 is 2.64 bits per heavy atom. The molecule has 8 nitrogen and oxygen atoms in total. The summed E-state index contributed by atoms with van der Waals surface area (Å²) in [7, 11) is 1.29. The summed E-state index contributed by atoms with van der Waals surface area (Å²) in [6.07, 6.45) is 0. The third-order valence-electron chi connectivity index (χ3n) is 2.53. The summed E-state index contributed by atoms with van der Waals surface area (Å²) >= 11 is 0. The zero-order valence-electron chi connectivity index (χ0n) is 12.6. The molecule has 0 radical (unpaired) electrons. The molecule has 0 saturated heterocycles. The van der Waals surface area contributed by atoms with Gasteiger partial charge in [0.25, 0.3) is 0 Å². The summed E-state index contributed by atoms with van der Waals surface area (Å²) in [6, 6.07) is 6.70. The fraction of sp³-hybridized carbons (Fsp3) is 0.286. The SMILES string of the molecule is COC(=O)c1ccc(NC(C)C)c(N/N=C(\C#N)C(=N)N)c1. The zero-order chi connectivity index (χ0) is 16.7. The molecular formula is C14H18N6O2. The van der Waals surface area contributed by atoms with Crippen molar-refractivity contribution in [2.24, 2.45) is 10.8 Å². The molecule has 1 rings (SSSR count). The fourth-order valence-electron chi connectivity index (χ4n) is 1.58. The first-order chi connectivity index (χ1) is 10.4. The topological polar surface area (TPSA) is 136 Å².